The predicted octanol–water partition coefficient (Wildman–Crippen LogP) is 3.46. The van der Waals surface area contributed by atoms with Crippen LogP contribution in [0.3, 0.4) is 0 Å². The van der Waals surface area contributed by atoms with E-state index in [0.717, 1.165) is 36.9 Å². The van der Waals surface area contributed by atoms with Crippen LogP contribution >= 0.6 is 23.7 Å². The second kappa shape index (κ2) is 7.18. The number of nitrogens with zero attached hydrogens (tertiary/aromatic N) is 1. The van der Waals surface area contributed by atoms with Crippen molar-refractivity contribution in [1.29, 1.82) is 0 Å². The molecule has 0 bridgehead atoms. The van der Waals surface area contributed by atoms with Crippen LogP contribution in [-0.4, -0.2) is 24.7 Å². The summed E-state index contributed by atoms with van der Waals surface area (Å²) in [6.45, 7) is 4.62. The van der Waals surface area contributed by atoms with Crippen molar-refractivity contribution >= 4 is 23.7 Å². The number of halogens is 1. The zero-order valence-electron chi connectivity index (χ0n) is 11.5. The molecule has 20 heavy (non-hydrogen) atoms. The topological polar surface area (TPSA) is 34.1 Å². The number of thiazole rings is 1. The molecule has 0 amide bonds. The summed E-state index contributed by atoms with van der Waals surface area (Å²) in [5, 5.41) is 4.62. The summed E-state index contributed by atoms with van der Waals surface area (Å²) in [6, 6.07) is 10.7. The number of aryl methyl sites for hydroxylation is 1. The van der Waals surface area contributed by atoms with Crippen molar-refractivity contribution in [2.45, 2.75) is 19.4 Å². The first kappa shape index (κ1) is 15.4. The molecule has 3 rings (SSSR count). The molecule has 108 valence electrons. The minimum Gasteiger partial charge on any atom is -0.378 e. The molecule has 1 saturated heterocycles. The van der Waals surface area contributed by atoms with Gasteiger partial charge in [0.2, 0.25) is 0 Å². The van der Waals surface area contributed by atoms with Gasteiger partial charge in [0.25, 0.3) is 0 Å². The van der Waals surface area contributed by atoms with Gasteiger partial charge in [-0.05, 0) is 6.42 Å². The summed E-state index contributed by atoms with van der Waals surface area (Å²) in [5.41, 5.74) is 2.34. The zero-order chi connectivity index (χ0) is 13.1. The Morgan fingerprint density at radius 2 is 2.15 bits per heavy atom. The van der Waals surface area contributed by atoms with Gasteiger partial charge in [0, 0.05) is 17.0 Å². The van der Waals surface area contributed by atoms with Gasteiger partial charge in [0.05, 0.1) is 24.9 Å². The molecule has 2 aromatic rings. The molecule has 1 N–H and O–H groups in total. The largest absolute Gasteiger partial charge is 0.378 e. The lowest BCUT2D eigenvalue weighted by molar-refractivity contribution is 0.0768. The summed E-state index contributed by atoms with van der Waals surface area (Å²) in [5.74, 6) is 0. The zero-order valence-corrected chi connectivity index (χ0v) is 13.1. The number of aromatic nitrogens is 1. The first-order valence-corrected chi connectivity index (χ1v) is 7.56. The van der Waals surface area contributed by atoms with Gasteiger partial charge in [0.15, 0.2) is 0 Å². The maximum Gasteiger partial charge on any atom is 0.113 e. The van der Waals surface area contributed by atoms with Crippen molar-refractivity contribution in [2.75, 3.05) is 19.8 Å². The fourth-order valence-corrected chi connectivity index (χ4v) is 3.39. The summed E-state index contributed by atoms with van der Waals surface area (Å²) >= 11 is 1.81. The first-order chi connectivity index (χ1) is 9.38. The summed E-state index contributed by atoms with van der Waals surface area (Å²) in [7, 11) is 0. The molecule has 0 saturated carbocycles. The molecular weight excluding hydrogens is 292 g/mol. The molecule has 0 radical (unpaired) electrons. The fraction of sp³-hybridized carbons (Fsp3) is 0.400. The van der Waals surface area contributed by atoms with Gasteiger partial charge in [0.1, 0.15) is 5.01 Å². The van der Waals surface area contributed by atoms with Crippen LogP contribution in [0.15, 0.2) is 30.3 Å². The lowest BCUT2D eigenvalue weighted by Gasteiger charge is -2.21. The second-order valence-electron chi connectivity index (χ2n) is 4.63. The van der Waals surface area contributed by atoms with Crippen molar-refractivity contribution in [2.24, 2.45) is 0 Å². The van der Waals surface area contributed by atoms with Gasteiger partial charge in [-0.2, -0.15) is 0 Å². The fourth-order valence-electron chi connectivity index (χ4n) is 2.30. The minimum atomic E-state index is 0. The molecule has 3 nitrogen and oxygen atoms in total. The van der Waals surface area contributed by atoms with Crippen LogP contribution in [-0.2, 0) is 11.2 Å². The van der Waals surface area contributed by atoms with Crippen LogP contribution in [0.1, 0.15) is 22.9 Å². The van der Waals surface area contributed by atoms with Crippen molar-refractivity contribution in [1.82, 2.24) is 10.3 Å². The summed E-state index contributed by atoms with van der Waals surface area (Å²) in [4.78, 5) is 6.21. The maximum atomic E-state index is 5.53. The Morgan fingerprint density at radius 1 is 1.35 bits per heavy atom. The van der Waals surface area contributed by atoms with Crippen molar-refractivity contribution in [3.05, 3.63) is 40.2 Å². The lowest BCUT2D eigenvalue weighted by Crippen LogP contribution is -2.34. The first-order valence-electron chi connectivity index (χ1n) is 6.74. The molecule has 0 aliphatic carbocycles. The standard InChI is InChI=1S/C15H18N2OS.ClH/c1-2-13-14(11-6-4-3-5-7-11)17-15(19-13)12-10-18-9-8-16-12;/h3-7,12,16H,2,8-10H2,1H3;1H. The van der Waals surface area contributed by atoms with Crippen LogP contribution in [0.4, 0.5) is 0 Å². The summed E-state index contributed by atoms with van der Waals surface area (Å²) < 4.78 is 5.53. The van der Waals surface area contributed by atoms with E-state index in [1.54, 1.807) is 0 Å². The predicted molar refractivity (Wildman–Crippen MR) is 85.7 cm³/mol. The van der Waals surface area contributed by atoms with Gasteiger partial charge in [-0.3, -0.25) is 0 Å². The number of hydrogen-bond donors (Lipinski definition) is 1. The van der Waals surface area contributed by atoms with E-state index in [4.69, 9.17) is 9.72 Å². The maximum absolute atomic E-state index is 5.53. The van der Waals surface area contributed by atoms with Gasteiger partial charge in [-0.15, -0.1) is 23.7 Å². The average Bonchev–Trinajstić information content (AvgIpc) is 2.93. The van der Waals surface area contributed by atoms with Gasteiger partial charge >= 0.3 is 0 Å². The molecule has 1 atom stereocenters. The number of benzene rings is 1. The Hall–Kier alpha value is -0.940. The van der Waals surface area contributed by atoms with E-state index in [1.165, 1.54) is 10.4 Å². The Balaban J connectivity index is 0.00000147. The molecule has 0 spiro atoms. The number of nitrogens with one attached hydrogen (secondary N) is 1. The van der Waals surface area contributed by atoms with Crippen molar-refractivity contribution in [3.63, 3.8) is 0 Å². The quantitative estimate of drug-likeness (QED) is 0.943. The summed E-state index contributed by atoms with van der Waals surface area (Å²) in [6.07, 6.45) is 1.02. The minimum absolute atomic E-state index is 0. The smallest absolute Gasteiger partial charge is 0.113 e. The van der Waals surface area contributed by atoms with Gasteiger partial charge < -0.3 is 10.1 Å². The Labute approximate surface area is 129 Å². The van der Waals surface area contributed by atoms with E-state index in [2.05, 4.69) is 36.5 Å². The molecule has 1 unspecified atom stereocenters. The SMILES string of the molecule is CCc1sc(C2COCCN2)nc1-c1ccccc1.Cl. The van der Waals surface area contributed by atoms with E-state index in [9.17, 15) is 0 Å². The molecule has 5 heteroatoms. The molecule has 2 heterocycles. The van der Waals surface area contributed by atoms with Gasteiger partial charge in [-0.25, -0.2) is 4.98 Å². The molecule has 1 fully saturated rings. The highest BCUT2D eigenvalue weighted by atomic mass is 35.5. The highest BCUT2D eigenvalue weighted by Gasteiger charge is 2.21. The molecule has 1 aliphatic rings. The van der Waals surface area contributed by atoms with E-state index in [-0.39, 0.29) is 18.4 Å². The van der Waals surface area contributed by atoms with Gasteiger partial charge in [-0.1, -0.05) is 37.3 Å². The third kappa shape index (κ3) is 3.20. The van der Waals surface area contributed by atoms with Crippen molar-refractivity contribution in [3.8, 4) is 11.3 Å². The molecule has 1 aromatic carbocycles. The third-order valence-electron chi connectivity index (χ3n) is 3.30. The third-order valence-corrected chi connectivity index (χ3v) is 4.62. The molecule has 1 aliphatic heterocycles. The Morgan fingerprint density at radius 3 is 2.80 bits per heavy atom. The highest BCUT2D eigenvalue weighted by Crippen LogP contribution is 2.32. The van der Waals surface area contributed by atoms with Crippen LogP contribution < -0.4 is 5.32 Å². The van der Waals surface area contributed by atoms with Crippen LogP contribution in [0, 0.1) is 0 Å². The number of rotatable bonds is 3. The number of ether oxygens (including phenoxy) is 1. The van der Waals surface area contributed by atoms with Crippen LogP contribution in [0.25, 0.3) is 11.3 Å². The highest BCUT2D eigenvalue weighted by molar-refractivity contribution is 7.12. The molecular formula is C15H19ClN2OS. The molecule has 1 aromatic heterocycles. The number of hydrogen-bond acceptors (Lipinski definition) is 4. The normalized spacial score (nSPS) is 18.6. The Kier molecular flexibility index (Phi) is 5.54. The van der Waals surface area contributed by atoms with E-state index >= 15 is 0 Å². The average molecular weight is 311 g/mol. The van der Waals surface area contributed by atoms with Crippen molar-refractivity contribution < 1.29 is 4.74 Å². The van der Waals surface area contributed by atoms with E-state index in [0.29, 0.717) is 0 Å². The lowest BCUT2D eigenvalue weighted by atomic mass is 10.1. The Bertz CT molecular complexity index is 538. The van der Waals surface area contributed by atoms with E-state index < -0.39 is 0 Å². The van der Waals surface area contributed by atoms with Crippen LogP contribution in [0.2, 0.25) is 0 Å². The monoisotopic (exact) mass is 310 g/mol. The van der Waals surface area contributed by atoms with Crippen LogP contribution in [0.5, 0.6) is 0 Å². The number of morpholine rings is 1. The second-order valence-corrected chi connectivity index (χ2v) is 5.74. The van der Waals surface area contributed by atoms with E-state index in [1.807, 2.05) is 17.4 Å².